The molecule has 1 rings (SSSR count). The van der Waals surface area contributed by atoms with Gasteiger partial charge in [0.1, 0.15) is 5.75 Å². The van der Waals surface area contributed by atoms with Crippen molar-refractivity contribution in [3.63, 3.8) is 0 Å². The summed E-state index contributed by atoms with van der Waals surface area (Å²) in [6.07, 6.45) is 0. The minimum absolute atomic E-state index is 0.00910. The lowest BCUT2D eigenvalue weighted by Gasteiger charge is -2.18. The second kappa shape index (κ2) is 5.06. The molecule has 0 saturated heterocycles. The molecular formula is C12H19NO3S. The molecule has 96 valence electrons. The molecule has 0 amide bonds. The van der Waals surface area contributed by atoms with E-state index in [9.17, 15) is 8.42 Å². The van der Waals surface area contributed by atoms with E-state index in [1.807, 2.05) is 0 Å². The third kappa shape index (κ3) is 5.19. The van der Waals surface area contributed by atoms with Crippen LogP contribution in [-0.4, -0.2) is 26.8 Å². The van der Waals surface area contributed by atoms with Gasteiger partial charge in [0, 0.05) is 5.54 Å². The molecule has 4 nitrogen and oxygen atoms in total. The van der Waals surface area contributed by atoms with Crippen LogP contribution in [0, 0.1) is 0 Å². The number of nitrogens with two attached hydrogens (primary N) is 1. The predicted molar refractivity (Wildman–Crippen MR) is 68.8 cm³/mol. The van der Waals surface area contributed by atoms with Crippen molar-refractivity contribution in [3.8, 4) is 5.75 Å². The van der Waals surface area contributed by atoms with Gasteiger partial charge in [-0.15, -0.1) is 0 Å². The Kier molecular flexibility index (Phi) is 4.16. The minimum atomic E-state index is -3.20. The van der Waals surface area contributed by atoms with Crippen molar-refractivity contribution in [1.29, 1.82) is 0 Å². The Morgan fingerprint density at radius 3 is 2.53 bits per heavy atom. The third-order valence-electron chi connectivity index (χ3n) is 2.11. The Morgan fingerprint density at radius 1 is 1.35 bits per heavy atom. The summed E-state index contributed by atoms with van der Waals surface area (Å²) >= 11 is 0. The molecule has 0 saturated carbocycles. The summed E-state index contributed by atoms with van der Waals surface area (Å²) in [5, 5.41) is 0. The van der Waals surface area contributed by atoms with Gasteiger partial charge in [0.25, 0.3) is 0 Å². The van der Waals surface area contributed by atoms with Gasteiger partial charge in [0.05, 0.1) is 18.6 Å². The summed E-state index contributed by atoms with van der Waals surface area (Å²) in [6, 6.07) is 7.05. The first-order valence-corrected chi connectivity index (χ1v) is 7.16. The van der Waals surface area contributed by atoms with Gasteiger partial charge in [-0.1, -0.05) is 12.1 Å². The molecule has 0 radical (unpaired) electrons. The van der Waals surface area contributed by atoms with Gasteiger partial charge in [0.2, 0.25) is 0 Å². The van der Waals surface area contributed by atoms with E-state index in [1.165, 1.54) is 0 Å². The molecule has 0 aliphatic heterocycles. The van der Waals surface area contributed by atoms with E-state index in [-0.39, 0.29) is 11.5 Å². The summed E-state index contributed by atoms with van der Waals surface area (Å²) < 4.78 is 28.8. The number of sulfone groups is 1. The second-order valence-electron chi connectivity index (χ2n) is 4.87. The standard InChI is InChI=1S/C12H19NO3S/c1-12(2,13)9-17(14,15)8-10-5-4-6-11(7-10)16-3/h4-7H,8-9,13H2,1-3H3. The Hall–Kier alpha value is -1.07. The molecular weight excluding hydrogens is 238 g/mol. The molecule has 2 N–H and O–H groups in total. The average Bonchev–Trinajstić information content (AvgIpc) is 2.13. The monoisotopic (exact) mass is 257 g/mol. The molecule has 0 bridgehead atoms. The number of hydrogen-bond acceptors (Lipinski definition) is 4. The highest BCUT2D eigenvalue weighted by Crippen LogP contribution is 2.16. The van der Waals surface area contributed by atoms with Crippen LogP contribution in [0.25, 0.3) is 0 Å². The average molecular weight is 257 g/mol. The topological polar surface area (TPSA) is 69.4 Å². The normalized spacial score (nSPS) is 12.5. The van der Waals surface area contributed by atoms with Crippen molar-refractivity contribution >= 4 is 9.84 Å². The van der Waals surface area contributed by atoms with E-state index >= 15 is 0 Å². The fourth-order valence-electron chi connectivity index (χ4n) is 1.63. The molecule has 0 aromatic heterocycles. The Morgan fingerprint density at radius 2 is 2.00 bits per heavy atom. The van der Waals surface area contributed by atoms with Crippen molar-refractivity contribution in [2.75, 3.05) is 12.9 Å². The molecule has 17 heavy (non-hydrogen) atoms. The van der Waals surface area contributed by atoms with E-state index in [0.717, 1.165) is 0 Å². The first-order chi connectivity index (χ1) is 7.72. The lowest BCUT2D eigenvalue weighted by Crippen LogP contribution is -2.40. The van der Waals surface area contributed by atoms with Crippen LogP contribution in [0.4, 0.5) is 0 Å². The Bertz CT molecular complexity index is 475. The predicted octanol–water partition coefficient (Wildman–Crippen LogP) is 1.35. The van der Waals surface area contributed by atoms with E-state index in [2.05, 4.69) is 0 Å². The van der Waals surface area contributed by atoms with Gasteiger partial charge in [-0.05, 0) is 31.5 Å². The summed E-state index contributed by atoms with van der Waals surface area (Å²) in [5.74, 6) is 0.617. The Balaban J connectivity index is 2.83. The van der Waals surface area contributed by atoms with Crippen LogP contribution in [0.5, 0.6) is 5.75 Å². The zero-order valence-corrected chi connectivity index (χ0v) is 11.3. The van der Waals surface area contributed by atoms with Gasteiger partial charge in [-0.25, -0.2) is 8.42 Å². The number of rotatable bonds is 5. The quantitative estimate of drug-likeness (QED) is 0.864. The highest BCUT2D eigenvalue weighted by molar-refractivity contribution is 7.90. The Labute approximate surface area is 103 Å². The molecule has 0 unspecified atom stereocenters. The maximum Gasteiger partial charge on any atom is 0.156 e. The summed E-state index contributed by atoms with van der Waals surface area (Å²) in [4.78, 5) is 0. The number of ether oxygens (including phenoxy) is 1. The highest BCUT2D eigenvalue weighted by Gasteiger charge is 2.22. The van der Waals surface area contributed by atoms with Crippen LogP contribution in [0.3, 0.4) is 0 Å². The molecule has 0 aliphatic rings. The van der Waals surface area contributed by atoms with Crippen LogP contribution in [-0.2, 0) is 15.6 Å². The van der Waals surface area contributed by atoms with Gasteiger partial charge in [0.15, 0.2) is 9.84 Å². The summed E-state index contributed by atoms with van der Waals surface area (Å²) in [5.41, 5.74) is 5.73. The summed E-state index contributed by atoms with van der Waals surface area (Å²) in [6.45, 7) is 3.41. The fourth-order valence-corrected chi connectivity index (χ4v) is 3.56. The van der Waals surface area contributed by atoms with E-state index in [0.29, 0.717) is 11.3 Å². The first kappa shape index (κ1) is 14.0. The van der Waals surface area contributed by atoms with Gasteiger partial charge >= 0.3 is 0 Å². The fraction of sp³-hybridized carbons (Fsp3) is 0.500. The van der Waals surface area contributed by atoms with Crippen molar-refractivity contribution in [3.05, 3.63) is 29.8 Å². The zero-order valence-electron chi connectivity index (χ0n) is 10.4. The second-order valence-corrected chi connectivity index (χ2v) is 6.94. The maximum absolute atomic E-state index is 11.9. The molecule has 5 heteroatoms. The molecule has 1 aromatic rings. The zero-order chi connectivity index (χ0) is 13.1. The van der Waals surface area contributed by atoms with Crippen molar-refractivity contribution in [2.45, 2.75) is 25.1 Å². The lowest BCUT2D eigenvalue weighted by molar-refractivity contribution is 0.414. The summed E-state index contributed by atoms with van der Waals surface area (Å²) in [7, 11) is -1.65. The SMILES string of the molecule is COc1cccc(CS(=O)(=O)CC(C)(C)N)c1. The van der Waals surface area contributed by atoms with E-state index in [1.54, 1.807) is 45.2 Å². The molecule has 0 aliphatic carbocycles. The smallest absolute Gasteiger partial charge is 0.156 e. The highest BCUT2D eigenvalue weighted by atomic mass is 32.2. The molecule has 0 heterocycles. The van der Waals surface area contributed by atoms with E-state index in [4.69, 9.17) is 10.5 Å². The van der Waals surface area contributed by atoms with Crippen LogP contribution >= 0.6 is 0 Å². The number of hydrogen-bond donors (Lipinski definition) is 1. The largest absolute Gasteiger partial charge is 0.497 e. The molecule has 0 spiro atoms. The van der Waals surface area contributed by atoms with Gasteiger partial charge in [-0.3, -0.25) is 0 Å². The van der Waals surface area contributed by atoms with Crippen LogP contribution in [0.2, 0.25) is 0 Å². The van der Waals surface area contributed by atoms with Crippen LogP contribution in [0.15, 0.2) is 24.3 Å². The van der Waals surface area contributed by atoms with Crippen molar-refractivity contribution in [1.82, 2.24) is 0 Å². The van der Waals surface area contributed by atoms with Crippen molar-refractivity contribution in [2.24, 2.45) is 5.73 Å². The molecule has 0 fully saturated rings. The van der Waals surface area contributed by atoms with Crippen molar-refractivity contribution < 1.29 is 13.2 Å². The molecule has 1 aromatic carbocycles. The lowest BCUT2D eigenvalue weighted by atomic mass is 10.1. The van der Waals surface area contributed by atoms with E-state index < -0.39 is 15.4 Å². The number of methoxy groups -OCH3 is 1. The van der Waals surface area contributed by atoms with Crippen LogP contribution in [0.1, 0.15) is 19.4 Å². The third-order valence-corrected chi connectivity index (χ3v) is 4.07. The molecule has 0 atom stereocenters. The van der Waals surface area contributed by atoms with Gasteiger partial charge < -0.3 is 10.5 Å². The van der Waals surface area contributed by atoms with Gasteiger partial charge in [-0.2, -0.15) is 0 Å². The van der Waals surface area contributed by atoms with Crippen LogP contribution < -0.4 is 10.5 Å². The number of benzene rings is 1. The maximum atomic E-state index is 11.9. The first-order valence-electron chi connectivity index (χ1n) is 5.34. The minimum Gasteiger partial charge on any atom is -0.497 e.